The second-order valence-electron chi connectivity index (χ2n) is 2.73. The Morgan fingerprint density at radius 1 is 1.54 bits per heavy atom. The molecule has 2 aromatic rings. The minimum Gasteiger partial charge on any atom is -0.311 e. The highest BCUT2D eigenvalue weighted by Crippen LogP contribution is 2.14. The van der Waals surface area contributed by atoms with Gasteiger partial charge in [-0.05, 0) is 12.1 Å². The molecule has 0 saturated carbocycles. The molecular weight excluding hydrogens is 164 g/mol. The Morgan fingerprint density at radius 2 is 2.38 bits per heavy atom. The Balaban J connectivity index is 2.66. The maximum atomic E-state index is 8.64. The van der Waals surface area contributed by atoms with E-state index in [-0.39, 0.29) is 0 Å². The molecule has 4 nitrogen and oxygen atoms in total. The predicted octanol–water partition coefficient (Wildman–Crippen LogP) is 0.858. The molecule has 0 bridgehead atoms. The number of fused-ring (bicyclic) bond motifs is 1. The van der Waals surface area contributed by atoms with Crippen molar-refractivity contribution >= 4 is 5.52 Å². The number of aromatic nitrogens is 2. The normalized spacial score (nSPS) is 12.6. The van der Waals surface area contributed by atoms with Gasteiger partial charge in [-0.15, -0.1) is 0 Å². The van der Waals surface area contributed by atoms with E-state index < -0.39 is 6.04 Å². The van der Waals surface area contributed by atoms with Crippen molar-refractivity contribution < 1.29 is 0 Å². The first-order valence-electron chi connectivity index (χ1n) is 3.89. The largest absolute Gasteiger partial charge is 0.311 e. The highest BCUT2D eigenvalue weighted by atomic mass is 15.0. The van der Waals surface area contributed by atoms with Crippen LogP contribution in [0.4, 0.5) is 0 Å². The molecule has 2 aromatic heterocycles. The Kier molecular flexibility index (Phi) is 1.72. The molecule has 0 aliphatic heterocycles. The van der Waals surface area contributed by atoms with Gasteiger partial charge in [-0.1, -0.05) is 6.07 Å². The average Bonchev–Trinajstić information content (AvgIpc) is 2.60. The Hall–Kier alpha value is -1.86. The molecule has 0 amide bonds. The minimum absolute atomic E-state index is 0.628. The van der Waals surface area contributed by atoms with Crippen LogP contribution in [-0.2, 0) is 0 Å². The molecule has 13 heavy (non-hydrogen) atoms. The number of imidazole rings is 1. The second-order valence-corrected chi connectivity index (χ2v) is 2.73. The summed E-state index contributed by atoms with van der Waals surface area (Å²) in [5, 5.41) is 8.64. The lowest BCUT2D eigenvalue weighted by Crippen LogP contribution is -2.07. The van der Waals surface area contributed by atoms with Crippen molar-refractivity contribution in [3.8, 4) is 6.07 Å². The SMILES string of the molecule is N#CC(N)c1ncn2ccccc12. The van der Waals surface area contributed by atoms with Crippen LogP contribution in [-0.4, -0.2) is 9.38 Å². The van der Waals surface area contributed by atoms with Gasteiger partial charge < -0.3 is 10.1 Å². The van der Waals surface area contributed by atoms with Crippen LogP contribution in [0, 0.1) is 11.3 Å². The van der Waals surface area contributed by atoms with E-state index in [1.165, 1.54) is 0 Å². The number of pyridine rings is 1. The third kappa shape index (κ3) is 1.15. The van der Waals surface area contributed by atoms with Crippen LogP contribution in [0.15, 0.2) is 30.7 Å². The topological polar surface area (TPSA) is 67.1 Å². The Labute approximate surface area is 75.2 Å². The quantitative estimate of drug-likeness (QED) is 0.693. The maximum absolute atomic E-state index is 8.64. The highest BCUT2D eigenvalue weighted by molar-refractivity contribution is 5.54. The van der Waals surface area contributed by atoms with E-state index in [0.717, 1.165) is 5.52 Å². The molecule has 1 atom stereocenters. The zero-order valence-electron chi connectivity index (χ0n) is 6.88. The summed E-state index contributed by atoms with van der Waals surface area (Å²) in [4.78, 5) is 4.08. The highest BCUT2D eigenvalue weighted by Gasteiger charge is 2.10. The summed E-state index contributed by atoms with van der Waals surface area (Å²) in [7, 11) is 0. The molecule has 0 aliphatic carbocycles. The van der Waals surface area contributed by atoms with Crippen LogP contribution in [0.3, 0.4) is 0 Å². The first kappa shape index (κ1) is 7.77. The Bertz CT molecular complexity index is 466. The van der Waals surface area contributed by atoms with E-state index >= 15 is 0 Å². The first-order valence-corrected chi connectivity index (χ1v) is 3.89. The fraction of sp³-hybridized carbons (Fsp3) is 0.111. The van der Waals surface area contributed by atoms with Crippen molar-refractivity contribution in [3.05, 3.63) is 36.4 Å². The van der Waals surface area contributed by atoms with Gasteiger partial charge in [0.25, 0.3) is 0 Å². The van der Waals surface area contributed by atoms with Crippen LogP contribution in [0.2, 0.25) is 0 Å². The lowest BCUT2D eigenvalue weighted by molar-refractivity contribution is 0.896. The third-order valence-corrected chi connectivity index (χ3v) is 1.91. The van der Waals surface area contributed by atoms with Gasteiger partial charge in [0.1, 0.15) is 6.04 Å². The standard InChI is InChI=1S/C9H8N4/c10-5-7(11)9-8-3-1-2-4-13(8)6-12-9/h1-4,6-7H,11H2. The molecule has 0 fully saturated rings. The van der Waals surface area contributed by atoms with Crippen molar-refractivity contribution in [2.24, 2.45) is 5.73 Å². The summed E-state index contributed by atoms with van der Waals surface area (Å²) in [5.41, 5.74) is 7.08. The van der Waals surface area contributed by atoms with Crippen molar-refractivity contribution in [1.29, 1.82) is 5.26 Å². The van der Waals surface area contributed by atoms with E-state index in [9.17, 15) is 0 Å². The van der Waals surface area contributed by atoms with Crippen molar-refractivity contribution in [2.75, 3.05) is 0 Å². The van der Waals surface area contributed by atoms with Gasteiger partial charge in [0.05, 0.1) is 23.6 Å². The molecule has 2 heterocycles. The minimum atomic E-state index is -0.646. The maximum Gasteiger partial charge on any atom is 0.138 e. The lowest BCUT2D eigenvalue weighted by atomic mass is 10.2. The molecule has 2 N–H and O–H groups in total. The summed E-state index contributed by atoms with van der Waals surface area (Å²) in [6.45, 7) is 0. The zero-order chi connectivity index (χ0) is 9.26. The molecule has 0 spiro atoms. The van der Waals surface area contributed by atoms with E-state index in [1.807, 2.05) is 34.9 Å². The van der Waals surface area contributed by atoms with Crippen LogP contribution in [0.25, 0.3) is 5.52 Å². The van der Waals surface area contributed by atoms with Gasteiger partial charge in [0, 0.05) is 6.20 Å². The molecule has 0 aliphatic rings. The molecule has 1 unspecified atom stereocenters. The molecule has 0 aromatic carbocycles. The second kappa shape index (κ2) is 2.88. The molecule has 2 rings (SSSR count). The van der Waals surface area contributed by atoms with Crippen LogP contribution >= 0.6 is 0 Å². The summed E-state index contributed by atoms with van der Waals surface area (Å²) in [6, 6.07) is 7.00. The monoisotopic (exact) mass is 172 g/mol. The fourth-order valence-electron chi connectivity index (χ4n) is 1.27. The van der Waals surface area contributed by atoms with Crippen molar-refractivity contribution in [3.63, 3.8) is 0 Å². The van der Waals surface area contributed by atoms with E-state index in [0.29, 0.717) is 5.69 Å². The van der Waals surface area contributed by atoms with Crippen molar-refractivity contribution in [2.45, 2.75) is 6.04 Å². The van der Waals surface area contributed by atoms with E-state index in [2.05, 4.69) is 4.98 Å². The third-order valence-electron chi connectivity index (χ3n) is 1.91. The number of nitrogens with two attached hydrogens (primary N) is 1. The summed E-state index contributed by atoms with van der Waals surface area (Å²) >= 11 is 0. The molecule has 0 saturated heterocycles. The molecule has 4 heteroatoms. The predicted molar refractivity (Wildman–Crippen MR) is 47.7 cm³/mol. The summed E-state index contributed by atoms with van der Waals surface area (Å²) < 4.78 is 1.84. The van der Waals surface area contributed by atoms with E-state index in [1.54, 1.807) is 6.33 Å². The summed E-state index contributed by atoms with van der Waals surface area (Å²) in [6.07, 6.45) is 3.53. The van der Waals surface area contributed by atoms with Gasteiger partial charge >= 0.3 is 0 Å². The smallest absolute Gasteiger partial charge is 0.138 e. The van der Waals surface area contributed by atoms with Crippen LogP contribution < -0.4 is 5.73 Å². The van der Waals surface area contributed by atoms with Gasteiger partial charge in [-0.2, -0.15) is 5.26 Å². The molecule has 64 valence electrons. The van der Waals surface area contributed by atoms with E-state index in [4.69, 9.17) is 11.0 Å². The number of hydrogen-bond donors (Lipinski definition) is 1. The number of hydrogen-bond acceptors (Lipinski definition) is 3. The average molecular weight is 172 g/mol. The van der Waals surface area contributed by atoms with Crippen LogP contribution in [0.1, 0.15) is 11.7 Å². The van der Waals surface area contributed by atoms with Gasteiger partial charge in [-0.25, -0.2) is 4.98 Å². The van der Waals surface area contributed by atoms with Crippen molar-refractivity contribution in [1.82, 2.24) is 9.38 Å². The number of nitrogens with zero attached hydrogens (tertiary/aromatic N) is 3. The molecule has 0 radical (unpaired) electrons. The first-order chi connectivity index (χ1) is 6.33. The number of rotatable bonds is 1. The lowest BCUT2D eigenvalue weighted by Gasteiger charge is -1.98. The zero-order valence-corrected chi connectivity index (χ0v) is 6.88. The Morgan fingerprint density at radius 3 is 3.15 bits per heavy atom. The fourth-order valence-corrected chi connectivity index (χ4v) is 1.27. The number of nitriles is 1. The molecular formula is C9H8N4. The van der Waals surface area contributed by atoms with Gasteiger partial charge in [-0.3, -0.25) is 0 Å². The van der Waals surface area contributed by atoms with Gasteiger partial charge in [0.2, 0.25) is 0 Å². The van der Waals surface area contributed by atoms with Gasteiger partial charge in [0.15, 0.2) is 0 Å². The van der Waals surface area contributed by atoms with Crippen LogP contribution in [0.5, 0.6) is 0 Å². The summed E-state index contributed by atoms with van der Waals surface area (Å²) in [5.74, 6) is 0.